The van der Waals surface area contributed by atoms with E-state index in [-0.39, 0.29) is 11.8 Å². The van der Waals surface area contributed by atoms with Crippen LogP contribution in [0.3, 0.4) is 0 Å². The molecule has 0 bridgehead atoms. The average molecular weight is 1300 g/mol. The highest BCUT2D eigenvalue weighted by Gasteiger charge is 2.31. The minimum absolute atomic E-state index is 0.274. The van der Waals surface area contributed by atoms with Crippen LogP contribution in [0.25, 0.3) is 58.6 Å². The van der Waals surface area contributed by atoms with Crippen LogP contribution in [0.4, 0.5) is 23.1 Å². The van der Waals surface area contributed by atoms with Crippen LogP contribution in [-0.4, -0.2) is 120 Å². The molecule has 3 saturated heterocycles. The number of hydrogen-bond acceptors (Lipinski definition) is 25. The smallest absolute Gasteiger partial charge is 0.229 e. The first kappa shape index (κ1) is 58.7. The van der Waals surface area contributed by atoms with Crippen molar-refractivity contribution in [3.05, 3.63) is 130 Å². The van der Waals surface area contributed by atoms with Gasteiger partial charge in [-0.15, -0.1) is 39.1 Å². The Kier molecular flexibility index (Phi) is 17.2. The van der Waals surface area contributed by atoms with Gasteiger partial charge in [0.2, 0.25) is 17.7 Å². The summed E-state index contributed by atoms with van der Waals surface area (Å²) in [6.45, 7) is 18.0. The van der Waals surface area contributed by atoms with Crippen molar-refractivity contribution in [1.29, 1.82) is 0 Å². The number of aromatic nitrogens is 16. The zero-order valence-electron chi connectivity index (χ0n) is 49.5. The molecule has 452 valence electrons. The number of hydrogen-bond donors (Lipinski definition) is 1. The maximum Gasteiger partial charge on any atom is 0.229 e. The van der Waals surface area contributed by atoms with E-state index >= 15 is 0 Å². The summed E-state index contributed by atoms with van der Waals surface area (Å²) >= 11 is 8.62. The average Bonchev–Trinajstić information content (AvgIpc) is 3.34. The van der Waals surface area contributed by atoms with E-state index in [0.717, 1.165) is 199 Å². The molecule has 2 N–H and O–H groups in total. The second kappa shape index (κ2) is 25.8. The van der Waals surface area contributed by atoms with Gasteiger partial charge in [0.1, 0.15) is 48.3 Å². The molecular formula is C61H65BrN20O3S3. The zero-order valence-corrected chi connectivity index (χ0v) is 53.5. The Morgan fingerprint density at radius 3 is 1.24 bits per heavy atom. The summed E-state index contributed by atoms with van der Waals surface area (Å²) < 4.78 is 22.6. The molecule has 0 atom stereocenters. The zero-order chi connectivity index (χ0) is 60.4. The van der Waals surface area contributed by atoms with Gasteiger partial charge in [0.25, 0.3) is 0 Å². The predicted molar refractivity (Wildman–Crippen MR) is 346 cm³/mol. The van der Waals surface area contributed by atoms with E-state index in [1.54, 1.807) is 64.0 Å². The number of fused-ring (bicyclic) bond motifs is 3. The lowest BCUT2D eigenvalue weighted by Crippen LogP contribution is -2.33. The van der Waals surface area contributed by atoms with E-state index in [0.29, 0.717) is 23.7 Å². The number of benzene rings is 2. The van der Waals surface area contributed by atoms with Gasteiger partial charge in [-0.1, -0.05) is 81.3 Å². The number of tetrazole rings is 1. The minimum atomic E-state index is 0.274. The number of halogens is 1. The molecule has 15 rings (SSSR count). The van der Waals surface area contributed by atoms with Gasteiger partial charge in [0, 0.05) is 108 Å². The highest BCUT2D eigenvalue weighted by molar-refractivity contribution is 9.10. The molecular weight excluding hydrogens is 1240 g/mol. The van der Waals surface area contributed by atoms with Crippen molar-refractivity contribution in [1.82, 2.24) is 80.5 Å². The molecule has 3 fully saturated rings. The Morgan fingerprint density at radius 1 is 0.489 bits per heavy atom. The van der Waals surface area contributed by atoms with E-state index in [2.05, 4.69) is 176 Å². The normalized spacial score (nSPS) is 15.5. The van der Waals surface area contributed by atoms with Crippen LogP contribution >= 0.6 is 49.9 Å². The highest BCUT2D eigenvalue weighted by Crippen LogP contribution is 2.42. The van der Waals surface area contributed by atoms with Gasteiger partial charge in [-0.25, -0.2) is 34.6 Å². The lowest BCUT2D eigenvalue weighted by molar-refractivity contribution is 0.325. The number of nitrogens with two attached hydrogens (primary N) is 1. The van der Waals surface area contributed by atoms with Crippen LogP contribution in [0.5, 0.6) is 0 Å². The largest absolute Gasteiger partial charge is 0.399 e. The van der Waals surface area contributed by atoms with Crippen LogP contribution in [0.15, 0.2) is 108 Å². The minimum Gasteiger partial charge on any atom is -0.399 e. The molecule has 23 nitrogen and oxygen atoms in total. The number of piperidine rings is 3. The number of rotatable bonds is 12. The number of nitrogen functional groups attached to an aromatic ring is 1. The van der Waals surface area contributed by atoms with Gasteiger partial charge in [-0.05, 0) is 100 Å². The number of anilines is 4. The summed E-state index contributed by atoms with van der Waals surface area (Å²) in [7, 11) is 0. The van der Waals surface area contributed by atoms with Crippen molar-refractivity contribution in [2.24, 2.45) is 0 Å². The van der Waals surface area contributed by atoms with E-state index in [4.69, 9.17) is 19.3 Å². The Bertz CT molecular complexity index is 4270. The van der Waals surface area contributed by atoms with Crippen LogP contribution in [0, 0.1) is 0 Å². The molecule has 0 radical (unpaired) electrons. The van der Waals surface area contributed by atoms with Crippen molar-refractivity contribution in [3.63, 3.8) is 0 Å². The molecule has 0 amide bonds. The van der Waals surface area contributed by atoms with Crippen molar-refractivity contribution in [2.75, 3.05) is 59.7 Å². The highest BCUT2D eigenvalue weighted by atomic mass is 79.9. The van der Waals surface area contributed by atoms with Crippen molar-refractivity contribution in [3.8, 4) is 27.9 Å². The lowest BCUT2D eigenvalue weighted by Gasteiger charge is -2.31. The molecule has 0 aliphatic carbocycles. The van der Waals surface area contributed by atoms with E-state index in [1.165, 1.54) is 0 Å². The van der Waals surface area contributed by atoms with E-state index in [9.17, 15) is 0 Å². The fraction of sp³-hybridized carbons (Fsp3) is 0.393. The quantitative estimate of drug-likeness (QED) is 0.111. The standard InChI is InChI=1S/C23H23N9OS.C22H24N6OS.C16H18BrN5OS/c1-14(2)21-27-23(33-28-21)16-7-9-31(10-8-16)22-20-19(24-12-25-22)18(11-34-20)15-3-5-17(6-4-15)32-13-26-29-30-32;1-13(2)20-26-22(29-27-20)15-7-9-28(10-8-15)21-19-18(24-12-25-21)17(11-30-19)14-3-5-16(23)6-4-14;1-9(2)14-20-16(23-21-14)10-3-5-22(6-4-10)15-13-12(18-8-19-15)11(17)7-24-13/h3-6,11-14,16H,7-10H2,1-2H3;3-6,11-13,15H,7-10,23H2,1-2H3;7-10H,3-6H2,1-2H3. The van der Waals surface area contributed by atoms with Crippen LogP contribution in [0.2, 0.25) is 0 Å². The predicted octanol–water partition coefficient (Wildman–Crippen LogP) is 13.4. The maximum absolute atomic E-state index is 5.84. The Hall–Kier alpha value is -8.27. The lowest BCUT2D eigenvalue weighted by atomic mass is 9.96. The third kappa shape index (κ3) is 12.3. The van der Waals surface area contributed by atoms with Crippen LogP contribution in [-0.2, 0) is 0 Å². The Balaban J connectivity index is 0.000000124. The Morgan fingerprint density at radius 2 is 0.864 bits per heavy atom. The summed E-state index contributed by atoms with van der Waals surface area (Å²) in [5.74, 6) is 9.54. The molecule has 0 spiro atoms. The molecule has 12 aromatic rings. The first-order valence-corrected chi connectivity index (χ1v) is 33.1. The van der Waals surface area contributed by atoms with Gasteiger partial charge in [-0.3, -0.25) is 0 Å². The molecule has 0 unspecified atom stereocenters. The number of nitrogens with zero attached hydrogens (tertiary/aromatic N) is 19. The summed E-state index contributed by atoms with van der Waals surface area (Å²) in [5.41, 5.74) is 14.9. The fourth-order valence-corrected chi connectivity index (χ4v) is 15.0. The molecule has 27 heteroatoms. The van der Waals surface area contributed by atoms with Crippen LogP contribution < -0.4 is 20.4 Å². The third-order valence-electron chi connectivity index (χ3n) is 16.3. The third-order valence-corrected chi connectivity index (χ3v) is 20.1. The van der Waals surface area contributed by atoms with Gasteiger partial charge >= 0.3 is 0 Å². The molecule has 3 aliphatic rings. The molecule has 2 aromatic carbocycles. The second-order valence-electron chi connectivity index (χ2n) is 23.2. The summed E-state index contributed by atoms with van der Waals surface area (Å²) in [6, 6.07) is 16.1. The molecule has 13 heterocycles. The monoisotopic (exact) mass is 1300 g/mol. The van der Waals surface area contributed by atoms with Gasteiger partial charge in [0.15, 0.2) is 17.5 Å². The van der Waals surface area contributed by atoms with E-state index < -0.39 is 0 Å². The van der Waals surface area contributed by atoms with Gasteiger partial charge in [-0.2, -0.15) is 15.0 Å². The summed E-state index contributed by atoms with van der Waals surface area (Å²) in [5, 5.41) is 30.1. The molecule has 10 aromatic heterocycles. The number of thiophene rings is 3. The molecule has 88 heavy (non-hydrogen) atoms. The first-order valence-electron chi connectivity index (χ1n) is 29.7. The first-order chi connectivity index (χ1) is 42.9. The topological polar surface area (TPSA) is 273 Å². The summed E-state index contributed by atoms with van der Waals surface area (Å²) in [4.78, 5) is 48.2. The van der Waals surface area contributed by atoms with Crippen molar-refractivity contribution >= 4 is 104 Å². The maximum atomic E-state index is 5.84. The van der Waals surface area contributed by atoms with Gasteiger partial charge in [0.05, 0.1) is 35.3 Å². The SMILES string of the molecule is CC(C)c1noc(C2CCN(c3ncnc4c(-c5ccc(-n6cnnn6)cc5)csc34)CC2)n1.CC(C)c1noc(C2CCN(c3ncnc4c(-c5ccc(N)cc5)csc34)CC2)n1.CC(C)c1noc(C2CCN(c3ncnc4c(Br)csc34)CC2)n1. The summed E-state index contributed by atoms with van der Waals surface area (Å²) in [6.07, 6.45) is 12.4. The second-order valence-corrected chi connectivity index (χ2v) is 26.6. The van der Waals surface area contributed by atoms with Crippen LogP contribution in [0.1, 0.15) is 151 Å². The van der Waals surface area contributed by atoms with E-state index in [1.807, 2.05) is 36.4 Å². The molecule has 0 saturated carbocycles. The Labute approximate surface area is 527 Å². The molecule has 3 aliphatic heterocycles. The van der Waals surface area contributed by atoms with Crippen molar-refractivity contribution < 1.29 is 13.6 Å². The fourth-order valence-electron chi connectivity index (χ4n) is 11.3. The van der Waals surface area contributed by atoms with Crippen molar-refractivity contribution in [2.45, 2.75) is 116 Å². The van der Waals surface area contributed by atoms with Gasteiger partial charge < -0.3 is 34.0 Å².